The Morgan fingerprint density at radius 1 is 1.11 bits per heavy atom. The first kappa shape index (κ1) is 18.7. The number of fused-ring (bicyclic) bond motifs is 2. The average molecular weight is 385 g/mol. The molecule has 1 aromatic carbocycles. The Bertz CT molecular complexity index is 798. The van der Waals surface area contributed by atoms with Gasteiger partial charge in [0.25, 0.3) is 0 Å². The highest BCUT2D eigenvalue weighted by molar-refractivity contribution is 7.98. The van der Waals surface area contributed by atoms with Crippen molar-refractivity contribution in [2.24, 2.45) is 10.9 Å². The third kappa shape index (κ3) is 3.81. The SMILES string of the molecule is CCN(CC)C1CN(Cc2ccccc2)CC2Cn3nc(SC)nc3N=C21. The first-order valence-electron chi connectivity index (χ1n) is 9.79. The number of thioether (sulfide) groups is 1. The highest BCUT2D eigenvalue weighted by Crippen LogP contribution is 2.30. The van der Waals surface area contributed by atoms with Crippen molar-refractivity contribution in [2.75, 3.05) is 32.4 Å². The molecule has 1 fully saturated rings. The predicted molar refractivity (Wildman–Crippen MR) is 111 cm³/mol. The van der Waals surface area contributed by atoms with E-state index in [1.807, 2.05) is 10.9 Å². The fraction of sp³-hybridized carbons (Fsp3) is 0.550. The minimum absolute atomic E-state index is 0.352. The number of aromatic nitrogens is 3. The van der Waals surface area contributed by atoms with Crippen molar-refractivity contribution in [3.8, 4) is 0 Å². The minimum Gasteiger partial charge on any atom is -0.296 e. The van der Waals surface area contributed by atoms with E-state index in [4.69, 9.17) is 4.99 Å². The monoisotopic (exact) mass is 384 g/mol. The molecule has 27 heavy (non-hydrogen) atoms. The summed E-state index contributed by atoms with van der Waals surface area (Å²) >= 11 is 1.58. The second kappa shape index (κ2) is 8.12. The third-order valence-electron chi connectivity index (χ3n) is 5.61. The van der Waals surface area contributed by atoms with Gasteiger partial charge in [0.05, 0.1) is 12.6 Å². The minimum atomic E-state index is 0.352. The van der Waals surface area contributed by atoms with Gasteiger partial charge in [-0.05, 0) is 24.9 Å². The summed E-state index contributed by atoms with van der Waals surface area (Å²) in [6.07, 6.45) is 2.02. The van der Waals surface area contributed by atoms with Gasteiger partial charge in [-0.1, -0.05) is 55.9 Å². The van der Waals surface area contributed by atoms with Crippen molar-refractivity contribution in [1.29, 1.82) is 0 Å². The Balaban J connectivity index is 1.63. The summed E-state index contributed by atoms with van der Waals surface area (Å²) in [4.78, 5) is 14.7. The quantitative estimate of drug-likeness (QED) is 0.717. The van der Waals surface area contributed by atoms with Crippen LogP contribution in [0.4, 0.5) is 5.95 Å². The van der Waals surface area contributed by atoms with Crippen LogP contribution in [0.5, 0.6) is 0 Å². The number of likely N-dealkylation sites (tertiary alicyclic amines) is 1. The summed E-state index contributed by atoms with van der Waals surface area (Å²) in [5.41, 5.74) is 2.67. The lowest BCUT2D eigenvalue weighted by Gasteiger charge is -2.44. The van der Waals surface area contributed by atoms with Crippen molar-refractivity contribution in [3.63, 3.8) is 0 Å². The topological polar surface area (TPSA) is 49.5 Å². The zero-order chi connectivity index (χ0) is 18.8. The fourth-order valence-corrected chi connectivity index (χ4v) is 4.63. The molecule has 2 aliphatic rings. The molecule has 0 radical (unpaired) electrons. The molecule has 7 heteroatoms. The van der Waals surface area contributed by atoms with Gasteiger partial charge < -0.3 is 0 Å². The zero-order valence-electron chi connectivity index (χ0n) is 16.4. The Labute approximate surface area is 165 Å². The van der Waals surface area contributed by atoms with E-state index >= 15 is 0 Å². The molecule has 0 saturated carbocycles. The molecule has 144 valence electrons. The molecule has 6 nitrogen and oxygen atoms in total. The molecule has 0 aliphatic carbocycles. The molecule has 0 amide bonds. The summed E-state index contributed by atoms with van der Waals surface area (Å²) in [5.74, 6) is 1.18. The summed E-state index contributed by atoms with van der Waals surface area (Å²) in [5, 5.41) is 5.42. The van der Waals surface area contributed by atoms with E-state index < -0.39 is 0 Å². The predicted octanol–water partition coefficient (Wildman–Crippen LogP) is 2.93. The summed E-state index contributed by atoms with van der Waals surface area (Å²) in [6.45, 7) is 10.5. The van der Waals surface area contributed by atoms with Crippen molar-refractivity contribution in [3.05, 3.63) is 35.9 Å². The Hall–Kier alpha value is -1.70. The number of rotatable bonds is 6. The Kier molecular flexibility index (Phi) is 5.61. The van der Waals surface area contributed by atoms with Gasteiger partial charge in [0.2, 0.25) is 11.1 Å². The first-order valence-corrected chi connectivity index (χ1v) is 11.0. The van der Waals surface area contributed by atoms with E-state index in [2.05, 4.69) is 64.1 Å². The number of hydrogen-bond acceptors (Lipinski definition) is 6. The number of aliphatic imine (C=N–C) groups is 1. The highest BCUT2D eigenvalue weighted by atomic mass is 32.2. The van der Waals surface area contributed by atoms with Crippen LogP contribution < -0.4 is 0 Å². The zero-order valence-corrected chi connectivity index (χ0v) is 17.2. The smallest absolute Gasteiger partial charge is 0.248 e. The molecule has 2 unspecified atom stereocenters. The van der Waals surface area contributed by atoms with Gasteiger partial charge in [-0.2, -0.15) is 4.98 Å². The number of benzene rings is 1. The summed E-state index contributed by atoms with van der Waals surface area (Å²) < 4.78 is 1.99. The molecule has 1 saturated heterocycles. The van der Waals surface area contributed by atoms with Crippen LogP contribution in [0.15, 0.2) is 40.5 Å². The van der Waals surface area contributed by atoms with Crippen molar-refractivity contribution >= 4 is 23.4 Å². The molecule has 2 atom stereocenters. The molecule has 0 bridgehead atoms. The molecule has 4 rings (SSSR count). The number of piperidine rings is 1. The second-order valence-corrected chi connectivity index (χ2v) is 8.00. The Morgan fingerprint density at radius 2 is 1.89 bits per heavy atom. The molecular formula is C20H28N6S. The number of likely N-dealkylation sites (N-methyl/N-ethyl adjacent to an activating group) is 1. The Morgan fingerprint density at radius 3 is 2.59 bits per heavy atom. The van der Waals surface area contributed by atoms with Crippen LogP contribution in [-0.4, -0.2) is 68.8 Å². The second-order valence-electron chi connectivity index (χ2n) is 7.23. The van der Waals surface area contributed by atoms with Crippen LogP contribution in [0.25, 0.3) is 0 Å². The lowest BCUT2D eigenvalue weighted by Crippen LogP contribution is -2.58. The molecule has 2 aromatic rings. The third-order valence-corrected chi connectivity index (χ3v) is 6.15. The number of hydrogen-bond donors (Lipinski definition) is 0. The average Bonchev–Trinajstić information content (AvgIpc) is 3.10. The van der Waals surface area contributed by atoms with Crippen LogP contribution >= 0.6 is 11.8 Å². The van der Waals surface area contributed by atoms with Gasteiger partial charge in [-0.25, -0.2) is 9.67 Å². The van der Waals surface area contributed by atoms with E-state index in [-0.39, 0.29) is 0 Å². The van der Waals surface area contributed by atoms with Crippen LogP contribution in [0.1, 0.15) is 19.4 Å². The van der Waals surface area contributed by atoms with E-state index in [1.54, 1.807) is 11.8 Å². The van der Waals surface area contributed by atoms with Crippen LogP contribution in [-0.2, 0) is 13.1 Å². The van der Waals surface area contributed by atoms with Crippen LogP contribution in [0.2, 0.25) is 0 Å². The van der Waals surface area contributed by atoms with Crippen molar-refractivity contribution < 1.29 is 0 Å². The van der Waals surface area contributed by atoms with Crippen LogP contribution in [0.3, 0.4) is 0 Å². The largest absolute Gasteiger partial charge is 0.296 e. The molecule has 2 aliphatic heterocycles. The van der Waals surface area contributed by atoms with E-state index in [0.29, 0.717) is 12.0 Å². The van der Waals surface area contributed by atoms with Crippen LogP contribution in [0, 0.1) is 5.92 Å². The normalized spacial score (nSPS) is 22.4. The fourth-order valence-electron chi connectivity index (χ4n) is 4.27. The summed E-state index contributed by atoms with van der Waals surface area (Å²) in [7, 11) is 0. The molecule has 1 aromatic heterocycles. The van der Waals surface area contributed by atoms with Crippen molar-refractivity contribution in [1.82, 2.24) is 24.6 Å². The molecule has 0 spiro atoms. The lowest BCUT2D eigenvalue weighted by molar-refractivity contribution is 0.137. The standard InChI is InChI=1S/C20H28N6S/c1-4-25(5-2)17-14-24(11-15-9-7-6-8-10-15)12-16-13-26-19(21-18(16)17)22-20(23-26)27-3/h6-10,16-17H,4-5,11-14H2,1-3H3. The summed E-state index contributed by atoms with van der Waals surface area (Å²) in [6, 6.07) is 11.1. The van der Waals surface area contributed by atoms with Gasteiger partial charge in [-0.15, -0.1) is 5.10 Å². The maximum Gasteiger partial charge on any atom is 0.248 e. The van der Waals surface area contributed by atoms with Crippen molar-refractivity contribution in [2.45, 2.75) is 38.1 Å². The molecular weight excluding hydrogens is 356 g/mol. The van der Waals surface area contributed by atoms with E-state index in [0.717, 1.165) is 50.4 Å². The van der Waals surface area contributed by atoms with Gasteiger partial charge in [0.1, 0.15) is 0 Å². The van der Waals surface area contributed by atoms with E-state index in [1.165, 1.54) is 11.3 Å². The van der Waals surface area contributed by atoms with Gasteiger partial charge >= 0.3 is 0 Å². The van der Waals surface area contributed by atoms with E-state index in [9.17, 15) is 0 Å². The van der Waals surface area contributed by atoms with Gasteiger partial charge in [0, 0.05) is 31.3 Å². The van der Waals surface area contributed by atoms with Gasteiger partial charge in [-0.3, -0.25) is 9.80 Å². The number of nitrogens with zero attached hydrogens (tertiary/aromatic N) is 6. The molecule has 0 N–H and O–H groups in total. The van der Waals surface area contributed by atoms with Gasteiger partial charge in [0.15, 0.2) is 0 Å². The maximum absolute atomic E-state index is 5.00. The highest BCUT2D eigenvalue weighted by Gasteiger charge is 2.39. The lowest BCUT2D eigenvalue weighted by atomic mass is 9.89. The maximum atomic E-state index is 5.00. The first-order chi connectivity index (χ1) is 13.2. The molecule has 3 heterocycles.